The van der Waals surface area contributed by atoms with E-state index < -0.39 is 10.0 Å². The summed E-state index contributed by atoms with van der Waals surface area (Å²) in [5, 5.41) is 0. The molecule has 0 aliphatic carbocycles. The topological polar surface area (TPSA) is 64.6 Å². The fourth-order valence-corrected chi connectivity index (χ4v) is 4.25. The Morgan fingerprint density at radius 1 is 1.00 bits per heavy atom. The predicted molar refractivity (Wildman–Crippen MR) is 92.1 cm³/mol. The average Bonchev–Trinajstić information content (AvgIpc) is 2.53. The number of fused-ring (bicyclic) bond motifs is 1. The molecule has 0 fully saturated rings. The summed E-state index contributed by atoms with van der Waals surface area (Å²) in [5.41, 5.74) is 2.59. The second-order valence-corrected chi connectivity index (χ2v) is 7.70. The van der Waals surface area contributed by atoms with Crippen molar-refractivity contribution in [2.24, 2.45) is 0 Å². The third-order valence-corrected chi connectivity index (χ3v) is 5.72. The molecule has 0 unspecified atom stereocenters. The number of hydrogen-bond donors (Lipinski definition) is 1. The van der Waals surface area contributed by atoms with Gasteiger partial charge in [0.1, 0.15) is 13.2 Å². The summed E-state index contributed by atoms with van der Waals surface area (Å²) in [6.07, 6.45) is 0. The van der Waals surface area contributed by atoms with Crippen LogP contribution in [0.15, 0.2) is 41.3 Å². The minimum atomic E-state index is -3.60. The fraction of sp³-hybridized carbons (Fsp3) is 0.333. The molecule has 1 heterocycles. The van der Waals surface area contributed by atoms with Crippen molar-refractivity contribution in [3.05, 3.63) is 53.1 Å². The maximum absolute atomic E-state index is 12.7. The van der Waals surface area contributed by atoms with Crippen LogP contribution in [-0.2, 0) is 10.0 Å². The van der Waals surface area contributed by atoms with Gasteiger partial charge in [0, 0.05) is 6.04 Å². The lowest BCUT2D eigenvalue weighted by Crippen LogP contribution is -2.27. The molecule has 0 amide bonds. The van der Waals surface area contributed by atoms with Crippen LogP contribution in [0.25, 0.3) is 0 Å². The zero-order valence-electron chi connectivity index (χ0n) is 14.0. The molecule has 0 saturated carbocycles. The molecule has 1 atom stereocenters. The van der Waals surface area contributed by atoms with E-state index in [0.717, 1.165) is 16.7 Å². The van der Waals surface area contributed by atoms with Crippen molar-refractivity contribution in [3.8, 4) is 11.5 Å². The van der Waals surface area contributed by atoms with Crippen molar-refractivity contribution in [1.29, 1.82) is 0 Å². The van der Waals surface area contributed by atoms with Gasteiger partial charge >= 0.3 is 0 Å². The monoisotopic (exact) mass is 347 g/mol. The summed E-state index contributed by atoms with van der Waals surface area (Å²) in [6.45, 7) is 6.58. The van der Waals surface area contributed by atoms with E-state index in [2.05, 4.69) is 4.72 Å². The number of rotatable bonds is 4. The predicted octanol–water partition coefficient (Wildman–Crippen LogP) is 3.11. The summed E-state index contributed by atoms with van der Waals surface area (Å²) in [6, 6.07) is 10.4. The number of benzene rings is 2. The van der Waals surface area contributed by atoms with Crippen molar-refractivity contribution in [2.45, 2.75) is 31.7 Å². The molecule has 1 aliphatic rings. The van der Waals surface area contributed by atoms with Crippen LogP contribution in [0.5, 0.6) is 11.5 Å². The largest absolute Gasteiger partial charge is 0.486 e. The number of nitrogens with one attached hydrogen (secondary N) is 1. The molecule has 2 aromatic rings. The van der Waals surface area contributed by atoms with Crippen molar-refractivity contribution < 1.29 is 17.9 Å². The molecule has 24 heavy (non-hydrogen) atoms. The molecular weight excluding hydrogens is 326 g/mol. The third kappa shape index (κ3) is 3.39. The van der Waals surface area contributed by atoms with Gasteiger partial charge in [-0.2, -0.15) is 0 Å². The molecule has 128 valence electrons. The molecule has 0 aromatic heterocycles. The first-order chi connectivity index (χ1) is 11.4. The van der Waals surface area contributed by atoms with Gasteiger partial charge < -0.3 is 9.47 Å². The lowest BCUT2D eigenvalue weighted by atomic mass is 10.1. The Bertz CT molecular complexity index is 861. The molecule has 6 heteroatoms. The van der Waals surface area contributed by atoms with Crippen LogP contribution in [0, 0.1) is 13.8 Å². The van der Waals surface area contributed by atoms with Crippen LogP contribution in [0.2, 0.25) is 0 Å². The first-order valence-corrected chi connectivity index (χ1v) is 9.34. The van der Waals surface area contributed by atoms with E-state index in [1.807, 2.05) is 38.1 Å². The summed E-state index contributed by atoms with van der Waals surface area (Å²) in [5.74, 6) is 1.34. The van der Waals surface area contributed by atoms with Crippen molar-refractivity contribution in [1.82, 2.24) is 4.72 Å². The lowest BCUT2D eigenvalue weighted by molar-refractivity contribution is 0.171. The van der Waals surface area contributed by atoms with Crippen molar-refractivity contribution in [2.75, 3.05) is 13.2 Å². The SMILES string of the molecule is Cc1ccc(S(=O)(=O)N[C@@H](C)c2ccc3c(c2)OCCO3)c(C)c1. The van der Waals surface area contributed by atoms with Crippen LogP contribution >= 0.6 is 0 Å². The summed E-state index contributed by atoms with van der Waals surface area (Å²) in [7, 11) is -3.60. The van der Waals surface area contributed by atoms with Crippen molar-refractivity contribution in [3.63, 3.8) is 0 Å². The van der Waals surface area contributed by atoms with Gasteiger partial charge in [-0.3, -0.25) is 0 Å². The van der Waals surface area contributed by atoms with E-state index in [1.165, 1.54) is 0 Å². The Kier molecular flexibility index (Phi) is 4.51. The van der Waals surface area contributed by atoms with Gasteiger partial charge in [0.15, 0.2) is 11.5 Å². The Hall–Kier alpha value is -2.05. The van der Waals surface area contributed by atoms with Gasteiger partial charge in [0.2, 0.25) is 10.0 Å². The van der Waals surface area contributed by atoms with Crippen LogP contribution in [0.3, 0.4) is 0 Å². The molecule has 2 aromatic carbocycles. The number of hydrogen-bond acceptors (Lipinski definition) is 4. The molecule has 1 N–H and O–H groups in total. The highest BCUT2D eigenvalue weighted by Crippen LogP contribution is 2.33. The number of sulfonamides is 1. The summed E-state index contributed by atoms with van der Waals surface area (Å²) < 4.78 is 39.1. The van der Waals surface area contributed by atoms with E-state index >= 15 is 0 Å². The zero-order valence-corrected chi connectivity index (χ0v) is 14.8. The molecule has 1 aliphatic heterocycles. The van der Waals surface area contributed by atoms with E-state index in [0.29, 0.717) is 29.6 Å². The Morgan fingerprint density at radius 3 is 2.42 bits per heavy atom. The Balaban J connectivity index is 1.84. The average molecular weight is 347 g/mol. The van der Waals surface area contributed by atoms with Gasteiger partial charge in [-0.1, -0.05) is 23.8 Å². The smallest absolute Gasteiger partial charge is 0.241 e. The van der Waals surface area contributed by atoms with Gasteiger partial charge in [0.05, 0.1) is 4.90 Å². The summed E-state index contributed by atoms with van der Waals surface area (Å²) >= 11 is 0. The normalized spacial score (nSPS) is 15.1. The number of ether oxygens (including phenoxy) is 2. The second-order valence-electron chi connectivity index (χ2n) is 6.02. The van der Waals surface area contributed by atoms with Crippen LogP contribution in [-0.4, -0.2) is 21.6 Å². The molecular formula is C18H21NO4S. The zero-order chi connectivity index (χ0) is 17.3. The standard InChI is InChI=1S/C18H21NO4S/c1-12-4-7-18(13(2)10-12)24(20,21)19-14(3)15-5-6-16-17(11-15)23-9-8-22-16/h4-7,10-11,14,19H,8-9H2,1-3H3/t14-/m0/s1. The number of aryl methyl sites for hydroxylation is 2. The highest BCUT2D eigenvalue weighted by atomic mass is 32.2. The van der Waals surface area contributed by atoms with Gasteiger partial charge in [-0.25, -0.2) is 13.1 Å². The van der Waals surface area contributed by atoms with Crippen LogP contribution < -0.4 is 14.2 Å². The lowest BCUT2D eigenvalue weighted by Gasteiger charge is -2.21. The highest BCUT2D eigenvalue weighted by Gasteiger charge is 2.21. The van der Waals surface area contributed by atoms with E-state index in [1.54, 1.807) is 19.1 Å². The first kappa shape index (κ1) is 16.8. The molecule has 0 bridgehead atoms. The van der Waals surface area contributed by atoms with E-state index in [-0.39, 0.29) is 6.04 Å². The molecule has 0 spiro atoms. The minimum absolute atomic E-state index is 0.303. The molecule has 0 radical (unpaired) electrons. The second kappa shape index (κ2) is 6.45. The fourth-order valence-electron chi connectivity index (χ4n) is 2.79. The first-order valence-electron chi connectivity index (χ1n) is 7.86. The van der Waals surface area contributed by atoms with Gasteiger partial charge in [-0.05, 0) is 50.1 Å². The minimum Gasteiger partial charge on any atom is -0.486 e. The van der Waals surface area contributed by atoms with Crippen molar-refractivity contribution >= 4 is 10.0 Å². The Labute approximate surface area is 142 Å². The highest BCUT2D eigenvalue weighted by molar-refractivity contribution is 7.89. The molecule has 5 nitrogen and oxygen atoms in total. The maximum Gasteiger partial charge on any atom is 0.241 e. The van der Waals surface area contributed by atoms with E-state index in [9.17, 15) is 8.42 Å². The van der Waals surface area contributed by atoms with Crippen LogP contribution in [0.4, 0.5) is 0 Å². The van der Waals surface area contributed by atoms with E-state index in [4.69, 9.17) is 9.47 Å². The van der Waals surface area contributed by atoms with Crippen LogP contribution in [0.1, 0.15) is 29.7 Å². The van der Waals surface area contributed by atoms with Gasteiger partial charge in [-0.15, -0.1) is 0 Å². The Morgan fingerprint density at radius 2 is 1.71 bits per heavy atom. The molecule has 3 rings (SSSR count). The van der Waals surface area contributed by atoms with Gasteiger partial charge in [0.25, 0.3) is 0 Å². The summed E-state index contributed by atoms with van der Waals surface area (Å²) in [4.78, 5) is 0.303. The molecule has 0 saturated heterocycles. The third-order valence-electron chi connectivity index (χ3n) is 4.02. The quantitative estimate of drug-likeness (QED) is 0.923. The maximum atomic E-state index is 12.7.